The van der Waals surface area contributed by atoms with Gasteiger partial charge in [0.2, 0.25) is 5.75 Å². The fourth-order valence-electron chi connectivity index (χ4n) is 2.11. The third kappa shape index (κ3) is 5.98. The molecule has 1 atom stereocenters. The maximum atomic E-state index is 12.4. The van der Waals surface area contributed by atoms with E-state index in [0.717, 1.165) is 0 Å². The highest BCUT2D eigenvalue weighted by Gasteiger charge is 2.22. The first-order valence-electron chi connectivity index (χ1n) is 8.64. The van der Waals surface area contributed by atoms with E-state index in [9.17, 15) is 9.59 Å². The Morgan fingerprint density at radius 1 is 1.08 bits per heavy atom. The van der Waals surface area contributed by atoms with Crippen LogP contribution in [0.3, 0.4) is 0 Å². The largest absolute Gasteiger partial charge is 0.490 e. The number of rotatable bonds is 11. The van der Waals surface area contributed by atoms with Crippen LogP contribution in [0.4, 0.5) is 0 Å². The van der Waals surface area contributed by atoms with Gasteiger partial charge < -0.3 is 24.3 Å². The van der Waals surface area contributed by atoms with Gasteiger partial charge in [0.1, 0.15) is 0 Å². The molecule has 144 valence electrons. The summed E-state index contributed by atoms with van der Waals surface area (Å²) >= 11 is 0. The van der Waals surface area contributed by atoms with Gasteiger partial charge >= 0.3 is 5.97 Å². The molecule has 0 unspecified atom stereocenters. The van der Waals surface area contributed by atoms with Crippen molar-refractivity contribution in [2.45, 2.75) is 33.8 Å². The molecule has 0 saturated carbocycles. The van der Waals surface area contributed by atoms with Gasteiger partial charge in [-0.15, -0.1) is 6.58 Å². The van der Waals surface area contributed by atoms with E-state index in [2.05, 4.69) is 11.9 Å². The van der Waals surface area contributed by atoms with Crippen molar-refractivity contribution in [1.82, 2.24) is 5.32 Å². The second-order valence-corrected chi connectivity index (χ2v) is 5.18. The zero-order valence-electron chi connectivity index (χ0n) is 15.8. The molecule has 0 radical (unpaired) electrons. The Balaban J connectivity index is 3.08. The predicted octanol–water partition coefficient (Wildman–Crippen LogP) is 2.73. The molecule has 0 heterocycles. The molecular weight excluding hydrogens is 338 g/mol. The van der Waals surface area contributed by atoms with Crippen molar-refractivity contribution in [2.24, 2.45) is 0 Å². The van der Waals surface area contributed by atoms with Gasteiger partial charge in [0, 0.05) is 6.54 Å². The van der Waals surface area contributed by atoms with E-state index in [0.29, 0.717) is 43.6 Å². The number of ether oxygens (including phenoxy) is 4. The smallest absolute Gasteiger partial charge is 0.339 e. The highest BCUT2D eigenvalue weighted by atomic mass is 16.6. The first-order valence-corrected chi connectivity index (χ1v) is 8.64. The Labute approximate surface area is 154 Å². The Morgan fingerprint density at radius 3 is 2.08 bits per heavy atom. The van der Waals surface area contributed by atoms with Gasteiger partial charge in [0.15, 0.2) is 17.6 Å². The summed E-state index contributed by atoms with van der Waals surface area (Å²) < 4.78 is 22.0. The zero-order chi connectivity index (χ0) is 19.5. The van der Waals surface area contributed by atoms with Crippen molar-refractivity contribution in [3.63, 3.8) is 0 Å². The monoisotopic (exact) mass is 365 g/mol. The SMILES string of the molecule is C=CCNC(=O)[C@@H](C)OC(=O)c1cc(OCC)c(OCC)c(OCC)c1. The van der Waals surface area contributed by atoms with Crippen LogP contribution in [0.15, 0.2) is 24.8 Å². The molecule has 0 aromatic heterocycles. The van der Waals surface area contributed by atoms with Crippen LogP contribution in [0.25, 0.3) is 0 Å². The van der Waals surface area contributed by atoms with E-state index >= 15 is 0 Å². The third-order valence-electron chi connectivity index (χ3n) is 3.22. The van der Waals surface area contributed by atoms with Crippen LogP contribution in [-0.2, 0) is 9.53 Å². The van der Waals surface area contributed by atoms with E-state index in [-0.39, 0.29) is 5.56 Å². The summed E-state index contributed by atoms with van der Waals surface area (Å²) in [6.07, 6.45) is 0.599. The minimum Gasteiger partial charge on any atom is -0.490 e. The second-order valence-electron chi connectivity index (χ2n) is 5.18. The van der Waals surface area contributed by atoms with E-state index in [4.69, 9.17) is 18.9 Å². The molecule has 26 heavy (non-hydrogen) atoms. The highest BCUT2D eigenvalue weighted by Crippen LogP contribution is 2.39. The van der Waals surface area contributed by atoms with Crippen LogP contribution in [0, 0.1) is 0 Å². The van der Waals surface area contributed by atoms with Crippen LogP contribution >= 0.6 is 0 Å². The molecule has 0 aliphatic rings. The summed E-state index contributed by atoms with van der Waals surface area (Å²) in [5.41, 5.74) is 0.212. The van der Waals surface area contributed by atoms with E-state index in [1.165, 1.54) is 19.1 Å². The van der Waals surface area contributed by atoms with Crippen molar-refractivity contribution >= 4 is 11.9 Å². The van der Waals surface area contributed by atoms with Crippen molar-refractivity contribution in [3.05, 3.63) is 30.4 Å². The molecule has 1 N–H and O–H groups in total. The molecule has 0 fully saturated rings. The van der Waals surface area contributed by atoms with Gasteiger partial charge in [-0.25, -0.2) is 4.79 Å². The van der Waals surface area contributed by atoms with Gasteiger partial charge in [-0.1, -0.05) is 6.08 Å². The molecule has 1 aromatic rings. The standard InChI is InChI=1S/C19H27NO6/c1-6-10-20-18(21)13(5)26-19(22)14-11-15(23-7-2)17(25-9-4)16(12-14)24-8-3/h6,11-13H,1,7-10H2,2-5H3,(H,20,21)/t13-/m1/s1. The van der Waals surface area contributed by atoms with E-state index in [1.807, 2.05) is 20.8 Å². The van der Waals surface area contributed by atoms with Crippen molar-refractivity contribution in [3.8, 4) is 17.2 Å². The molecule has 0 bridgehead atoms. The summed E-state index contributed by atoms with van der Waals surface area (Å²) in [6.45, 7) is 12.0. The Kier molecular flexibility index (Phi) is 9.05. The molecule has 7 heteroatoms. The maximum absolute atomic E-state index is 12.4. The maximum Gasteiger partial charge on any atom is 0.339 e. The number of carbonyl (C=O) groups excluding carboxylic acids is 2. The molecule has 7 nitrogen and oxygen atoms in total. The van der Waals surface area contributed by atoms with Crippen molar-refractivity contribution in [2.75, 3.05) is 26.4 Å². The normalized spacial score (nSPS) is 11.2. The summed E-state index contributed by atoms with van der Waals surface area (Å²) in [4.78, 5) is 24.3. The summed E-state index contributed by atoms with van der Waals surface area (Å²) in [6, 6.07) is 3.04. The van der Waals surface area contributed by atoms with Crippen LogP contribution in [0.1, 0.15) is 38.1 Å². The number of nitrogens with one attached hydrogen (secondary N) is 1. The molecule has 1 aromatic carbocycles. The lowest BCUT2D eigenvalue weighted by Crippen LogP contribution is -2.35. The molecular formula is C19H27NO6. The lowest BCUT2D eigenvalue weighted by molar-refractivity contribution is -0.128. The quantitative estimate of drug-likeness (QED) is 0.480. The zero-order valence-corrected chi connectivity index (χ0v) is 15.8. The van der Waals surface area contributed by atoms with Gasteiger partial charge in [-0.3, -0.25) is 4.79 Å². The fourth-order valence-corrected chi connectivity index (χ4v) is 2.11. The van der Waals surface area contributed by atoms with Crippen molar-refractivity contribution in [1.29, 1.82) is 0 Å². The molecule has 1 amide bonds. The topological polar surface area (TPSA) is 83.1 Å². The van der Waals surface area contributed by atoms with Gasteiger partial charge in [-0.2, -0.15) is 0 Å². The van der Waals surface area contributed by atoms with E-state index < -0.39 is 18.0 Å². The van der Waals surface area contributed by atoms with Gasteiger partial charge in [0.05, 0.1) is 25.4 Å². The predicted molar refractivity (Wildman–Crippen MR) is 98.0 cm³/mol. The molecule has 1 rings (SSSR count). The summed E-state index contributed by atoms with van der Waals surface area (Å²) in [5.74, 6) is 0.145. The van der Waals surface area contributed by atoms with Gasteiger partial charge in [0.25, 0.3) is 5.91 Å². The summed E-state index contributed by atoms with van der Waals surface area (Å²) in [5, 5.41) is 2.57. The molecule has 0 aliphatic carbocycles. The lowest BCUT2D eigenvalue weighted by atomic mass is 10.1. The highest BCUT2D eigenvalue weighted by molar-refractivity contribution is 5.93. The van der Waals surface area contributed by atoms with Crippen LogP contribution in [-0.4, -0.2) is 44.3 Å². The first kappa shape index (κ1) is 21.3. The van der Waals surface area contributed by atoms with Crippen LogP contribution < -0.4 is 19.5 Å². The molecule has 0 saturated heterocycles. The molecule has 0 spiro atoms. The van der Waals surface area contributed by atoms with Crippen LogP contribution in [0.5, 0.6) is 17.2 Å². The Morgan fingerprint density at radius 2 is 1.62 bits per heavy atom. The van der Waals surface area contributed by atoms with Gasteiger partial charge in [-0.05, 0) is 39.8 Å². The lowest BCUT2D eigenvalue weighted by Gasteiger charge is -2.18. The first-order chi connectivity index (χ1) is 12.5. The number of esters is 1. The average Bonchev–Trinajstić information content (AvgIpc) is 2.62. The van der Waals surface area contributed by atoms with Crippen LogP contribution in [0.2, 0.25) is 0 Å². The fraction of sp³-hybridized carbons (Fsp3) is 0.474. The number of hydrogen-bond donors (Lipinski definition) is 1. The Bertz CT molecular complexity index is 601. The summed E-state index contributed by atoms with van der Waals surface area (Å²) in [7, 11) is 0. The molecule has 0 aliphatic heterocycles. The van der Waals surface area contributed by atoms with E-state index in [1.54, 1.807) is 6.08 Å². The Hall–Kier alpha value is -2.70. The average molecular weight is 365 g/mol. The van der Waals surface area contributed by atoms with Crippen molar-refractivity contribution < 1.29 is 28.5 Å². The minimum atomic E-state index is -0.944. The number of hydrogen-bond acceptors (Lipinski definition) is 6. The number of benzene rings is 1. The minimum absolute atomic E-state index is 0.212. The number of carbonyl (C=O) groups is 2. The number of amides is 1. The second kappa shape index (κ2) is 11.0. The third-order valence-corrected chi connectivity index (χ3v) is 3.22.